The highest BCUT2D eigenvalue weighted by atomic mass is 16.1. The van der Waals surface area contributed by atoms with Crippen LogP contribution in [0, 0.1) is 11.8 Å². The second-order valence-electron chi connectivity index (χ2n) is 5.22. The van der Waals surface area contributed by atoms with Gasteiger partial charge < -0.3 is 0 Å². The highest BCUT2D eigenvalue weighted by Gasteiger charge is 2.29. The lowest BCUT2D eigenvalue weighted by molar-refractivity contribution is -0.116. The molecule has 0 N–H and O–H groups in total. The van der Waals surface area contributed by atoms with Gasteiger partial charge >= 0.3 is 0 Å². The zero-order chi connectivity index (χ0) is 11.4. The van der Waals surface area contributed by atoms with Crippen LogP contribution in [0.25, 0.3) is 0 Å². The third-order valence-electron chi connectivity index (χ3n) is 4.15. The fourth-order valence-electron chi connectivity index (χ4n) is 3.14. The van der Waals surface area contributed by atoms with Crippen molar-refractivity contribution in [1.29, 1.82) is 0 Å². The van der Waals surface area contributed by atoms with Crippen molar-refractivity contribution in [2.45, 2.75) is 51.4 Å². The number of allylic oxidation sites excluding steroid dienone is 3. The van der Waals surface area contributed by atoms with Crippen molar-refractivity contribution < 1.29 is 4.79 Å². The molecule has 2 atom stereocenters. The van der Waals surface area contributed by atoms with Gasteiger partial charge in [0.25, 0.3) is 0 Å². The van der Waals surface area contributed by atoms with Gasteiger partial charge in [-0.3, -0.25) is 4.79 Å². The summed E-state index contributed by atoms with van der Waals surface area (Å²) < 4.78 is 0. The van der Waals surface area contributed by atoms with Gasteiger partial charge in [0.2, 0.25) is 0 Å². The number of rotatable bonds is 4. The summed E-state index contributed by atoms with van der Waals surface area (Å²) >= 11 is 0. The Labute approximate surface area is 98.6 Å². The monoisotopic (exact) mass is 218 g/mol. The first-order valence-electron chi connectivity index (χ1n) is 6.64. The average molecular weight is 218 g/mol. The standard InChI is InChI=1S/C15H22O/c1-2-3-8-15(16)14-10-9-12-6-4-5-7-13(12)11-14/h2,10,12-13H,1,3-9,11H2. The van der Waals surface area contributed by atoms with Gasteiger partial charge in [-0.2, -0.15) is 0 Å². The molecule has 88 valence electrons. The fraction of sp³-hybridized carbons (Fsp3) is 0.667. The minimum atomic E-state index is 0.365. The SMILES string of the molecule is C=CCCC(=O)C1=CCC2CCCCC2C1. The molecule has 2 unspecified atom stereocenters. The number of fused-ring (bicyclic) bond motifs is 1. The van der Waals surface area contributed by atoms with Crippen LogP contribution in [0.15, 0.2) is 24.3 Å². The van der Waals surface area contributed by atoms with E-state index in [4.69, 9.17) is 0 Å². The maximum Gasteiger partial charge on any atom is 0.158 e. The largest absolute Gasteiger partial charge is 0.295 e. The lowest BCUT2D eigenvalue weighted by Gasteiger charge is -2.34. The number of ketones is 1. The van der Waals surface area contributed by atoms with Crippen LogP contribution in [0.4, 0.5) is 0 Å². The van der Waals surface area contributed by atoms with Gasteiger partial charge in [0.15, 0.2) is 5.78 Å². The Kier molecular flexibility index (Phi) is 3.98. The highest BCUT2D eigenvalue weighted by Crippen LogP contribution is 2.40. The number of hydrogen-bond acceptors (Lipinski definition) is 1. The van der Waals surface area contributed by atoms with Crippen molar-refractivity contribution in [3.8, 4) is 0 Å². The van der Waals surface area contributed by atoms with Crippen molar-refractivity contribution in [2.24, 2.45) is 11.8 Å². The van der Waals surface area contributed by atoms with Crippen LogP contribution in [0.1, 0.15) is 51.4 Å². The van der Waals surface area contributed by atoms with E-state index in [1.54, 1.807) is 0 Å². The molecule has 0 spiro atoms. The van der Waals surface area contributed by atoms with Gasteiger partial charge in [-0.1, -0.05) is 25.0 Å². The Morgan fingerprint density at radius 1 is 1.38 bits per heavy atom. The smallest absolute Gasteiger partial charge is 0.158 e. The fourth-order valence-corrected chi connectivity index (χ4v) is 3.14. The van der Waals surface area contributed by atoms with Crippen LogP contribution in [0.2, 0.25) is 0 Å². The first kappa shape index (κ1) is 11.6. The quantitative estimate of drug-likeness (QED) is 0.651. The predicted molar refractivity (Wildman–Crippen MR) is 67.2 cm³/mol. The molecule has 1 fully saturated rings. The van der Waals surface area contributed by atoms with Gasteiger partial charge in [-0.25, -0.2) is 0 Å². The summed E-state index contributed by atoms with van der Waals surface area (Å²) in [5.41, 5.74) is 1.12. The second-order valence-corrected chi connectivity index (χ2v) is 5.22. The lowest BCUT2D eigenvalue weighted by atomic mass is 9.70. The minimum Gasteiger partial charge on any atom is -0.295 e. The molecule has 0 aromatic rings. The van der Waals surface area contributed by atoms with E-state index in [1.165, 1.54) is 25.7 Å². The lowest BCUT2D eigenvalue weighted by Crippen LogP contribution is -2.24. The number of carbonyl (C=O) groups excluding carboxylic acids is 1. The molecular formula is C15H22O. The summed E-state index contributed by atoms with van der Waals surface area (Å²) in [6.45, 7) is 3.67. The molecule has 1 heteroatoms. The van der Waals surface area contributed by atoms with Crippen molar-refractivity contribution in [3.05, 3.63) is 24.3 Å². The van der Waals surface area contributed by atoms with Crippen molar-refractivity contribution in [1.82, 2.24) is 0 Å². The van der Waals surface area contributed by atoms with Crippen LogP contribution in [-0.2, 0) is 4.79 Å². The van der Waals surface area contributed by atoms with E-state index in [-0.39, 0.29) is 0 Å². The summed E-state index contributed by atoms with van der Waals surface area (Å²) in [5.74, 6) is 2.05. The molecule has 0 saturated heterocycles. The summed E-state index contributed by atoms with van der Waals surface area (Å²) in [5, 5.41) is 0. The predicted octanol–water partition coefficient (Wildman–Crippen LogP) is 4.05. The van der Waals surface area contributed by atoms with E-state index in [0.717, 1.165) is 36.7 Å². The van der Waals surface area contributed by atoms with Crippen LogP contribution >= 0.6 is 0 Å². The van der Waals surface area contributed by atoms with Crippen molar-refractivity contribution >= 4 is 5.78 Å². The van der Waals surface area contributed by atoms with Gasteiger partial charge in [0.05, 0.1) is 0 Å². The first-order valence-corrected chi connectivity index (χ1v) is 6.64. The molecular weight excluding hydrogens is 196 g/mol. The second kappa shape index (κ2) is 5.47. The maximum atomic E-state index is 11.9. The minimum absolute atomic E-state index is 0.365. The number of hydrogen-bond donors (Lipinski definition) is 0. The van der Waals surface area contributed by atoms with E-state index < -0.39 is 0 Å². The summed E-state index contributed by atoms with van der Waals surface area (Å²) in [6, 6.07) is 0. The van der Waals surface area contributed by atoms with E-state index in [1.807, 2.05) is 6.08 Å². The molecule has 0 heterocycles. The molecule has 0 bridgehead atoms. The summed E-state index contributed by atoms with van der Waals surface area (Å²) in [4.78, 5) is 11.9. The maximum absolute atomic E-state index is 11.9. The topological polar surface area (TPSA) is 17.1 Å². The Morgan fingerprint density at radius 2 is 2.12 bits per heavy atom. The third kappa shape index (κ3) is 2.63. The van der Waals surface area contributed by atoms with Gasteiger partial charge in [-0.15, -0.1) is 6.58 Å². The van der Waals surface area contributed by atoms with Crippen LogP contribution in [0.3, 0.4) is 0 Å². The number of carbonyl (C=O) groups is 1. The van der Waals surface area contributed by atoms with E-state index in [0.29, 0.717) is 12.2 Å². The molecule has 0 aromatic heterocycles. The molecule has 0 radical (unpaired) electrons. The Morgan fingerprint density at radius 3 is 2.88 bits per heavy atom. The van der Waals surface area contributed by atoms with Gasteiger partial charge in [-0.05, 0) is 49.5 Å². The first-order chi connectivity index (χ1) is 7.81. The highest BCUT2D eigenvalue weighted by molar-refractivity contribution is 5.95. The summed E-state index contributed by atoms with van der Waals surface area (Å²) in [6.07, 6.45) is 13.2. The van der Waals surface area contributed by atoms with Crippen LogP contribution in [0.5, 0.6) is 0 Å². The zero-order valence-electron chi connectivity index (χ0n) is 10.1. The van der Waals surface area contributed by atoms with Gasteiger partial charge in [0.1, 0.15) is 0 Å². The van der Waals surface area contributed by atoms with E-state index >= 15 is 0 Å². The molecule has 1 nitrogen and oxygen atoms in total. The molecule has 16 heavy (non-hydrogen) atoms. The zero-order valence-corrected chi connectivity index (χ0v) is 10.1. The van der Waals surface area contributed by atoms with Crippen molar-refractivity contribution in [2.75, 3.05) is 0 Å². The number of Topliss-reactive ketones (excluding diaryl/α,β-unsaturated/α-hetero) is 1. The molecule has 2 aliphatic rings. The Balaban J connectivity index is 1.94. The molecule has 0 aliphatic heterocycles. The van der Waals surface area contributed by atoms with Crippen molar-refractivity contribution in [3.63, 3.8) is 0 Å². The normalized spacial score (nSPS) is 29.1. The Bertz CT molecular complexity index is 301. The third-order valence-corrected chi connectivity index (χ3v) is 4.15. The molecule has 1 saturated carbocycles. The average Bonchev–Trinajstić information content (AvgIpc) is 2.35. The van der Waals surface area contributed by atoms with Crippen LogP contribution in [-0.4, -0.2) is 5.78 Å². The van der Waals surface area contributed by atoms with Crippen LogP contribution < -0.4 is 0 Å². The van der Waals surface area contributed by atoms with E-state index in [2.05, 4.69) is 12.7 Å². The molecule has 0 amide bonds. The summed E-state index contributed by atoms with van der Waals surface area (Å²) in [7, 11) is 0. The molecule has 0 aromatic carbocycles. The van der Waals surface area contributed by atoms with E-state index in [9.17, 15) is 4.79 Å². The molecule has 2 aliphatic carbocycles. The Hall–Kier alpha value is -0.850. The molecule has 2 rings (SSSR count). The van der Waals surface area contributed by atoms with Gasteiger partial charge in [0, 0.05) is 6.42 Å².